The Hall–Kier alpha value is -1.48. The lowest BCUT2D eigenvalue weighted by molar-refractivity contribution is 0.238. The summed E-state index contributed by atoms with van der Waals surface area (Å²) < 4.78 is 0. The van der Waals surface area contributed by atoms with E-state index in [1.807, 2.05) is 24.3 Å². The molecule has 16 heavy (non-hydrogen) atoms. The molecule has 1 unspecified atom stereocenters. The summed E-state index contributed by atoms with van der Waals surface area (Å²) in [4.78, 5) is 0. The van der Waals surface area contributed by atoms with Gasteiger partial charge in [-0.2, -0.15) is 0 Å². The maximum Gasteiger partial charge on any atom is 0.141 e. The minimum Gasteiger partial charge on any atom is -0.376 e. The van der Waals surface area contributed by atoms with Crippen molar-refractivity contribution >= 4 is 8.07 Å². The van der Waals surface area contributed by atoms with Crippen molar-refractivity contribution in [1.29, 1.82) is 0 Å². The van der Waals surface area contributed by atoms with Crippen LogP contribution in [0, 0.1) is 23.8 Å². The van der Waals surface area contributed by atoms with E-state index in [0.29, 0.717) is 0 Å². The Morgan fingerprint density at radius 3 is 2.44 bits per heavy atom. The first kappa shape index (κ1) is 12.6. The van der Waals surface area contributed by atoms with E-state index in [4.69, 9.17) is 6.42 Å². The van der Waals surface area contributed by atoms with Crippen LogP contribution in [-0.4, -0.2) is 13.2 Å². The molecule has 0 aliphatic rings. The lowest BCUT2D eigenvalue weighted by atomic mass is 10.0. The molecule has 0 amide bonds. The van der Waals surface area contributed by atoms with E-state index in [1.54, 1.807) is 0 Å². The fraction of sp³-hybridized carbons (Fsp3) is 0.286. The second kappa shape index (κ2) is 5.03. The maximum absolute atomic E-state index is 9.65. The van der Waals surface area contributed by atoms with Crippen LogP contribution in [0.15, 0.2) is 24.3 Å². The first-order chi connectivity index (χ1) is 7.44. The second-order valence-corrected chi connectivity index (χ2v) is 9.41. The van der Waals surface area contributed by atoms with E-state index >= 15 is 0 Å². The van der Waals surface area contributed by atoms with Gasteiger partial charge in [-0.3, -0.25) is 0 Å². The number of aliphatic hydroxyl groups is 1. The summed E-state index contributed by atoms with van der Waals surface area (Å²) in [5.74, 6) is 5.44. The number of aliphatic hydroxyl groups excluding tert-OH is 1. The van der Waals surface area contributed by atoms with Gasteiger partial charge in [0.25, 0.3) is 0 Å². The fourth-order valence-corrected chi connectivity index (χ4v) is 1.70. The third-order valence-electron chi connectivity index (χ3n) is 1.99. The van der Waals surface area contributed by atoms with Crippen LogP contribution in [0.3, 0.4) is 0 Å². The van der Waals surface area contributed by atoms with Crippen LogP contribution in [0.1, 0.15) is 17.2 Å². The van der Waals surface area contributed by atoms with Crippen LogP contribution in [-0.2, 0) is 0 Å². The molecule has 1 N–H and O–H groups in total. The second-order valence-electron chi connectivity index (χ2n) is 4.66. The molecule has 0 saturated carbocycles. The van der Waals surface area contributed by atoms with Gasteiger partial charge >= 0.3 is 0 Å². The van der Waals surface area contributed by atoms with Gasteiger partial charge in [-0.25, -0.2) is 0 Å². The molecular weight excluding hydrogens is 212 g/mol. The van der Waals surface area contributed by atoms with E-state index in [2.05, 4.69) is 37.0 Å². The van der Waals surface area contributed by atoms with Gasteiger partial charge in [0.1, 0.15) is 14.2 Å². The molecule has 82 valence electrons. The van der Waals surface area contributed by atoms with E-state index in [-0.39, 0.29) is 0 Å². The van der Waals surface area contributed by atoms with Gasteiger partial charge in [-0.1, -0.05) is 49.7 Å². The van der Waals surface area contributed by atoms with Crippen molar-refractivity contribution < 1.29 is 5.11 Å². The van der Waals surface area contributed by atoms with Gasteiger partial charge in [0.2, 0.25) is 0 Å². The summed E-state index contributed by atoms with van der Waals surface area (Å²) in [7, 11) is -1.40. The largest absolute Gasteiger partial charge is 0.376 e. The molecule has 0 bridgehead atoms. The highest BCUT2D eigenvalue weighted by atomic mass is 28.3. The molecule has 2 heteroatoms. The van der Waals surface area contributed by atoms with Crippen molar-refractivity contribution in [1.82, 2.24) is 0 Å². The van der Waals surface area contributed by atoms with Gasteiger partial charge in [0.15, 0.2) is 0 Å². The third kappa shape index (κ3) is 3.59. The van der Waals surface area contributed by atoms with Crippen molar-refractivity contribution in [3.63, 3.8) is 0 Å². The minimum atomic E-state index is -1.40. The lowest BCUT2D eigenvalue weighted by Crippen LogP contribution is -2.16. The zero-order valence-electron chi connectivity index (χ0n) is 9.91. The normalized spacial score (nSPS) is 12.2. The van der Waals surface area contributed by atoms with Crippen LogP contribution >= 0.6 is 0 Å². The minimum absolute atomic E-state index is 0.718. The van der Waals surface area contributed by atoms with Gasteiger partial charge < -0.3 is 5.11 Å². The Labute approximate surface area is 98.5 Å². The monoisotopic (exact) mass is 228 g/mol. The van der Waals surface area contributed by atoms with E-state index in [0.717, 1.165) is 11.1 Å². The number of terminal acetylenes is 1. The Bertz CT molecular complexity index is 466. The van der Waals surface area contributed by atoms with Crippen LogP contribution in [0.2, 0.25) is 19.6 Å². The van der Waals surface area contributed by atoms with Gasteiger partial charge in [-0.05, 0) is 6.07 Å². The quantitative estimate of drug-likeness (QED) is 0.578. The standard InChI is InChI=1S/C14H16OSi/c1-5-14(15)13-9-7-6-8-12(13)10-11-16(2,3)4/h1,6-9,14-15H,2-4H3. The molecule has 1 nitrogen and oxygen atoms in total. The summed E-state index contributed by atoms with van der Waals surface area (Å²) in [6, 6.07) is 7.47. The zero-order chi connectivity index (χ0) is 12.2. The Balaban J connectivity index is 3.14. The SMILES string of the molecule is C#CC(O)c1ccccc1C#C[Si](C)(C)C. The van der Waals surface area contributed by atoms with Gasteiger partial charge in [0.05, 0.1) is 0 Å². The summed E-state index contributed by atoms with van der Waals surface area (Å²) in [6.45, 7) is 6.54. The molecular formula is C14H16OSi. The van der Waals surface area contributed by atoms with Crippen molar-refractivity contribution in [2.45, 2.75) is 25.7 Å². The predicted molar refractivity (Wildman–Crippen MR) is 70.5 cm³/mol. The van der Waals surface area contributed by atoms with E-state index in [1.165, 1.54) is 0 Å². The van der Waals surface area contributed by atoms with Crippen molar-refractivity contribution in [3.05, 3.63) is 35.4 Å². The molecule has 0 aliphatic carbocycles. The van der Waals surface area contributed by atoms with E-state index in [9.17, 15) is 5.11 Å². The number of rotatable bonds is 1. The van der Waals surface area contributed by atoms with Gasteiger partial charge in [-0.15, -0.1) is 12.0 Å². The molecule has 0 aromatic heterocycles. The highest BCUT2D eigenvalue weighted by molar-refractivity contribution is 6.83. The van der Waals surface area contributed by atoms with E-state index < -0.39 is 14.2 Å². The summed E-state index contributed by atoms with van der Waals surface area (Å²) >= 11 is 0. The highest BCUT2D eigenvalue weighted by Gasteiger charge is 2.10. The average molecular weight is 228 g/mol. The first-order valence-electron chi connectivity index (χ1n) is 5.20. The molecule has 0 saturated heterocycles. The van der Waals surface area contributed by atoms with Crippen LogP contribution in [0.4, 0.5) is 0 Å². The zero-order valence-corrected chi connectivity index (χ0v) is 10.9. The average Bonchev–Trinajstić information content (AvgIpc) is 2.25. The predicted octanol–water partition coefficient (Wildman–Crippen LogP) is 2.58. The lowest BCUT2D eigenvalue weighted by Gasteiger charge is -2.07. The number of benzene rings is 1. The molecule has 0 spiro atoms. The third-order valence-corrected chi connectivity index (χ3v) is 2.86. The number of hydrogen-bond acceptors (Lipinski definition) is 1. The van der Waals surface area contributed by atoms with Gasteiger partial charge in [0, 0.05) is 11.1 Å². The Morgan fingerprint density at radius 2 is 1.88 bits per heavy atom. The smallest absolute Gasteiger partial charge is 0.141 e. The summed E-state index contributed by atoms with van der Waals surface area (Å²) in [5, 5.41) is 9.65. The molecule has 1 rings (SSSR count). The molecule has 0 fully saturated rings. The van der Waals surface area contributed by atoms with Crippen LogP contribution in [0.25, 0.3) is 0 Å². The van der Waals surface area contributed by atoms with Crippen LogP contribution < -0.4 is 0 Å². The van der Waals surface area contributed by atoms with Crippen molar-refractivity contribution in [2.75, 3.05) is 0 Å². The summed E-state index contributed by atoms with van der Waals surface area (Å²) in [5.41, 5.74) is 4.81. The maximum atomic E-state index is 9.65. The topological polar surface area (TPSA) is 20.2 Å². The molecule has 0 aliphatic heterocycles. The fourth-order valence-electron chi connectivity index (χ4n) is 1.19. The Morgan fingerprint density at radius 1 is 1.25 bits per heavy atom. The summed E-state index contributed by atoms with van der Waals surface area (Å²) in [6.07, 6.45) is 4.35. The number of hydrogen-bond donors (Lipinski definition) is 1. The van der Waals surface area contributed by atoms with Crippen LogP contribution in [0.5, 0.6) is 0 Å². The first-order valence-corrected chi connectivity index (χ1v) is 8.70. The molecule has 1 aromatic rings. The Kier molecular flexibility index (Phi) is 3.96. The molecule has 0 radical (unpaired) electrons. The van der Waals surface area contributed by atoms with Crippen molar-refractivity contribution in [3.8, 4) is 23.8 Å². The molecule has 0 heterocycles. The highest BCUT2D eigenvalue weighted by Crippen LogP contribution is 2.16. The van der Waals surface area contributed by atoms with Crippen molar-refractivity contribution in [2.24, 2.45) is 0 Å². The molecule has 1 aromatic carbocycles. The molecule has 1 atom stereocenters.